The van der Waals surface area contributed by atoms with Gasteiger partial charge in [-0.3, -0.25) is 9.59 Å². The van der Waals surface area contributed by atoms with E-state index in [-0.39, 0.29) is 24.9 Å². The maximum Gasteiger partial charge on any atom is 0.244 e. The Morgan fingerprint density at radius 3 is 2.46 bits per heavy atom. The molecule has 2 rings (SSSR count). The molecule has 0 aliphatic heterocycles. The van der Waals surface area contributed by atoms with E-state index in [9.17, 15) is 9.59 Å². The molecule has 7 heteroatoms. The van der Waals surface area contributed by atoms with Gasteiger partial charge in [-0.05, 0) is 30.2 Å². The fourth-order valence-electron chi connectivity index (χ4n) is 2.40. The van der Waals surface area contributed by atoms with Crippen LogP contribution >= 0.6 is 23.2 Å². The molecular weight excluding hydrogens is 375 g/mol. The summed E-state index contributed by atoms with van der Waals surface area (Å²) in [4.78, 5) is 25.8. The molecule has 0 saturated heterocycles. The first-order valence-electron chi connectivity index (χ1n) is 7.94. The summed E-state index contributed by atoms with van der Waals surface area (Å²) in [6.07, 6.45) is 0. The molecule has 0 radical (unpaired) electrons. The van der Waals surface area contributed by atoms with Crippen molar-refractivity contribution in [3.63, 3.8) is 0 Å². The van der Waals surface area contributed by atoms with Crippen molar-refractivity contribution in [1.29, 1.82) is 0 Å². The maximum atomic E-state index is 12.4. The zero-order valence-electron chi connectivity index (χ0n) is 14.8. The highest BCUT2D eigenvalue weighted by molar-refractivity contribution is 6.31. The topological polar surface area (TPSA) is 58.6 Å². The Morgan fingerprint density at radius 2 is 1.85 bits per heavy atom. The van der Waals surface area contributed by atoms with Crippen LogP contribution in [0.2, 0.25) is 10.0 Å². The summed E-state index contributed by atoms with van der Waals surface area (Å²) in [5.74, 6) is -0.110. The highest BCUT2D eigenvalue weighted by Crippen LogP contribution is 2.31. The van der Waals surface area contributed by atoms with Crippen LogP contribution in [0.25, 0.3) is 0 Å². The van der Waals surface area contributed by atoms with Crippen LogP contribution in [0.5, 0.6) is 5.75 Å². The van der Waals surface area contributed by atoms with E-state index in [4.69, 9.17) is 27.9 Å². The molecule has 0 unspecified atom stereocenters. The summed E-state index contributed by atoms with van der Waals surface area (Å²) in [7, 11) is 1.50. The number of nitrogens with one attached hydrogen (secondary N) is 1. The van der Waals surface area contributed by atoms with Crippen molar-refractivity contribution in [3.8, 4) is 5.75 Å². The summed E-state index contributed by atoms with van der Waals surface area (Å²) in [5.41, 5.74) is 2.08. The normalized spacial score (nSPS) is 10.3. The second-order valence-electron chi connectivity index (χ2n) is 5.82. The number of anilines is 1. The number of carbonyl (C=O) groups excluding carboxylic acids is 2. The van der Waals surface area contributed by atoms with Crippen molar-refractivity contribution in [3.05, 3.63) is 57.6 Å². The van der Waals surface area contributed by atoms with Crippen LogP contribution in [0.3, 0.4) is 0 Å². The van der Waals surface area contributed by atoms with Gasteiger partial charge < -0.3 is 15.0 Å². The first-order valence-corrected chi connectivity index (χ1v) is 8.70. The third kappa shape index (κ3) is 5.13. The van der Waals surface area contributed by atoms with Crippen molar-refractivity contribution in [1.82, 2.24) is 4.90 Å². The Morgan fingerprint density at radius 1 is 1.15 bits per heavy atom. The molecule has 1 N–H and O–H groups in total. The van der Waals surface area contributed by atoms with Crippen molar-refractivity contribution in [2.45, 2.75) is 20.4 Å². The zero-order valence-corrected chi connectivity index (χ0v) is 16.3. The van der Waals surface area contributed by atoms with Crippen molar-refractivity contribution in [2.24, 2.45) is 0 Å². The molecule has 138 valence electrons. The minimum absolute atomic E-state index is 0.106. The zero-order chi connectivity index (χ0) is 19.3. The number of carbonyl (C=O) groups is 2. The molecule has 0 aliphatic carbocycles. The summed E-state index contributed by atoms with van der Waals surface area (Å²) < 4.78 is 5.25. The van der Waals surface area contributed by atoms with E-state index in [2.05, 4.69) is 5.32 Å². The second kappa shape index (κ2) is 8.92. The minimum atomic E-state index is -0.340. The first kappa shape index (κ1) is 20.1. The van der Waals surface area contributed by atoms with Crippen LogP contribution in [0.4, 0.5) is 5.69 Å². The molecular formula is C19H20Cl2N2O3. The van der Waals surface area contributed by atoms with E-state index in [0.717, 1.165) is 11.1 Å². The van der Waals surface area contributed by atoms with Crippen LogP contribution in [0, 0.1) is 6.92 Å². The molecule has 2 aromatic carbocycles. The number of ether oxygens (including phenoxy) is 1. The predicted molar refractivity (Wildman–Crippen MR) is 104 cm³/mol. The van der Waals surface area contributed by atoms with E-state index < -0.39 is 0 Å². The van der Waals surface area contributed by atoms with Crippen LogP contribution in [-0.4, -0.2) is 30.4 Å². The van der Waals surface area contributed by atoms with Gasteiger partial charge in [0, 0.05) is 29.6 Å². The van der Waals surface area contributed by atoms with Crippen molar-refractivity contribution in [2.75, 3.05) is 19.0 Å². The van der Waals surface area contributed by atoms with E-state index in [0.29, 0.717) is 21.5 Å². The lowest BCUT2D eigenvalue weighted by atomic mass is 10.2. The summed E-state index contributed by atoms with van der Waals surface area (Å²) in [6.45, 7) is 3.39. The number of amides is 2. The predicted octanol–water partition coefficient (Wildman–Crippen LogP) is 4.30. The Balaban J connectivity index is 2.12. The number of rotatable bonds is 6. The highest BCUT2D eigenvalue weighted by atomic mass is 35.5. The van der Waals surface area contributed by atoms with Crippen LogP contribution < -0.4 is 10.1 Å². The number of benzene rings is 2. The average Bonchev–Trinajstić information content (AvgIpc) is 2.59. The largest absolute Gasteiger partial charge is 0.495 e. The fraction of sp³-hybridized carbons (Fsp3) is 0.263. The van der Waals surface area contributed by atoms with Gasteiger partial charge in [0.2, 0.25) is 11.8 Å². The van der Waals surface area contributed by atoms with Gasteiger partial charge >= 0.3 is 0 Å². The number of methoxy groups -OCH3 is 1. The summed E-state index contributed by atoms with van der Waals surface area (Å²) in [6, 6.07) is 10.6. The van der Waals surface area contributed by atoms with Gasteiger partial charge in [0.1, 0.15) is 12.3 Å². The highest BCUT2D eigenvalue weighted by Gasteiger charge is 2.17. The number of nitrogens with zero attached hydrogens (tertiary/aromatic N) is 1. The maximum absolute atomic E-state index is 12.4. The Bertz CT molecular complexity index is 824. The molecule has 0 fully saturated rings. The molecule has 0 heterocycles. The molecule has 0 bridgehead atoms. The Hall–Kier alpha value is -2.24. The lowest BCUT2D eigenvalue weighted by Gasteiger charge is -2.21. The van der Waals surface area contributed by atoms with Gasteiger partial charge in [-0.1, -0.05) is 41.4 Å². The minimum Gasteiger partial charge on any atom is -0.495 e. The third-order valence-electron chi connectivity index (χ3n) is 3.85. The number of hydrogen-bond donors (Lipinski definition) is 1. The second-order valence-corrected chi connectivity index (χ2v) is 6.63. The monoisotopic (exact) mass is 394 g/mol. The molecule has 0 aromatic heterocycles. The molecule has 0 atom stereocenters. The van der Waals surface area contributed by atoms with Crippen LogP contribution in [-0.2, 0) is 16.1 Å². The quantitative estimate of drug-likeness (QED) is 0.794. The van der Waals surface area contributed by atoms with Gasteiger partial charge in [-0.2, -0.15) is 0 Å². The standard InChI is InChI=1S/C19H20Cl2N2O3/c1-12-8-17(18(26-3)9-16(12)21)22-19(25)11-23(13(2)24)10-14-6-4-5-7-15(14)20/h4-9H,10-11H2,1-3H3,(H,22,25). The first-order chi connectivity index (χ1) is 12.3. The summed E-state index contributed by atoms with van der Waals surface area (Å²) in [5, 5.41) is 3.86. The lowest BCUT2D eigenvalue weighted by Crippen LogP contribution is -2.36. The van der Waals surface area contributed by atoms with Gasteiger partial charge in [0.05, 0.1) is 12.8 Å². The third-order valence-corrected chi connectivity index (χ3v) is 4.63. The smallest absolute Gasteiger partial charge is 0.244 e. The SMILES string of the molecule is COc1cc(Cl)c(C)cc1NC(=O)CN(Cc1ccccc1Cl)C(C)=O. The van der Waals surface area contributed by atoms with Crippen LogP contribution in [0.1, 0.15) is 18.1 Å². The summed E-state index contributed by atoms with van der Waals surface area (Å²) >= 11 is 12.2. The fourth-order valence-corrected chi connectivity index (χ4v) is 2.75. The van der Waals surface area contributed by atoms with E-state index in [1.54, 1.807) is 18.2 Å². The van der Waals surface area contributed by atoms with Gasteiger partial charge in [-0.15, -0.1) is 0 Å². The van der Waals surface area contributed by atoms with E-state index in [1.807, 2.05) is 25.1 Å². The van der Waals surface area contributed by atoms with Gasteiger partial charge in [0.15, 0.2) is 0 Å². The molecule has 26 heavy (non-hydrogen) atoms. The van der Waals surface area contributed by atoms with Crippen molar-refractivity contribution >= 4 is 40.7 Å². The number of hydrogen-bond acceptors (Lipinski definition) is 3. The van der Waals surface area contributed by atoms with Gasteiger partial charge in [0.25, 0.3) is 0 Å². The van der Waals surface area contributed by atoms with Gasteiger partial charge in [-0.25, -0.2) is 0 Å². The van der Waals surface area contributed by atoms with Crippen LogP contribution in [0.15, 0.2) is 36.4 Å². The average molecular weight is 395 g/mol. The lowest BCUT2D eigenvalue weighted by molar-refractivity contribution is -0.133. The Labute approximate surface area is 162 Å². The van der Waals surface area contributed by atoms with E-state index >= 15 is 0 Å². The molecule has 5 nitrogen and oxygen atoms in total. The van der Waals surface area contributed by atoms with Crippen molar-refractivity contribution < 1.29 is 14.3 Å². The molecule has 0 aliphatic rings. The number of halogens is 2. The Kier molecular flexibility index (Phi) is 6.89. The molecule has 0 saturated carbocycles. The molecule has 0 spiro atoms. The number of aryl methyl sites for hydroxylation is 1. The van der Waals surface area contributed by atoms with E-state index in [1.165, 1.54) is 18.9 Å². The molecule has 2 aromatic rings. The molecule has 2 amide bonds.